The van der Waals surface area contributed by atoms with Crippen LogP contribution in [0.1, 0.15) is 29.8 Å². The number of nitrogens with one attached hydrogen (secondary N) is 1. The van der Waals surface area contributed by atoms with E-state index in [1.807, 2.05) is 31.2 Å². The van der Waals surface area contributed by atoms with Gasteiger partial charge in [0.25, 0.3) is 5.91 Å². The Labute approximate surface area is 184 Å². The molecule has 1 unspecified atom stereocenters. The molecule has 1 aliphatic heterocycles. The van der Waals surface area contributed by atoms with Crippen molar-refractivity contribution in [2.75, 3.05) is 18.2 Å². The van der Waals surface area contributed by atoms with Gasteiger partial charge >= 0.3 is 5.97 Å². The number of hydrogen-bond donors (Lipinski definition) is 2. The summed E-state index contributed by atoms with van der Waals surface area (Å²) in [6.07, 6.45) is 1.19. The number of aromatic carboxylic acids is 1. The van der Waals surface area contributed by atoms with Crippen LogP contribution in [0, 0.1) is 0 Å². The third-order valence-electron chi connectivity index (χ3n) is 4.99. The van der Waals surface area contributed by atoms with Crippen LogP contribution in [0.2, 0.25) is 0 Å². The monoisotopic (exact) mass is 441 g/mol. The number of hydrogen-bond acceptors (Lipinski definition) is 6. The van der Waals surface area contributed by atoms with E-state index < -0.39 is 5.97 Å². The Morgan fingerprint density at radius 3 is 2.48 bits per heavy atom. The predicted octanol–water partition coefficient (Wildman–Crippen LogP) is 3.17. The smallest absolute Gasteiger partial charge is 0.337 e. The van der Waals surface area contributed by atoms with E-state index in [4.69, 9.17) is 9.84 Å². The summed E-state index contributed by atoms with van der Waals surface area (Å²) in [4.78, 5) is 41.7. The molecule has 0 spiro atoms. The summed E-state index contributed by atoms with van der Waals surface area (Å²) in [5.41, 5.74) is 2.63. The molecule has 9 heteroatoms. The molecular weight excluding hydrogens is 418 g/mol. The van der Waals surface area contributed by atoms with Gasteiger partial charge in [-0.1, -0.05) is 12.1 Å². The summed E-state index contributed by atoms with van der Waals surface area (Å²) >= 11 is 1.36. The number of rotatable bonds is 8. The van der Waals surface area contributed by atoms with Crippen LogP contribution in [-0.2, 0) is 16.1 Å². The van der Waals surface area contributed by atoms with Crippen molar-refractivity contribution in [1.82, 2.24) is 9.88 Å². The van der Waals surface area contributed by atoms with Crippen LogP contribution in [0.15, 0.2) is 53.7 Å². The number of amides is 2. The van der Waals surface area contributed by atoms with Crippen LogP contribution >= 0.6 is 11.8 Å². The second-order valence-electron chi connectivity index (χ2n) is 7.04. The fourth-order valence-electron chi connectivity index (χ4n) is 3.13. The van der Waals surface area contributed by atoms with Gasteiger partial charge in [0.15, 0.2) is 0 Å². The fourth-order valence-corrected chi connectivity index (χ4v) is 4.29. The van der Waals surface area contributed by atoms with Crippen LogP contribution < -0.4 is 10.1 Å². The van der Waals surface area contributed by atoms with Crippen LogP contribution in [0.5, 0.6) is 5.75 Å². The van der Waals surface area contributed by atoms with Gasteiger partial charge in [-0.2, -0.15) is 0 Å². The van der Waals surface area contributed by atoms with Gasteiger partial charge in [-0.25, -0.2) is 9.78 Å². The molecule has 0 bridgehead atoms. The Bertz CT molecular complexity index is 1020. The number of carbonyl (C=O) groups excluding carboxylic acids is 2. The van der Waals surface area contributed by atoms with E-state index in [0.29, 0.717) is 12.1 Å². The van der Waals surface area contributed by atoms with Crippen LogP contribution in [0.4, 0.5) is 5.82 Å². The summed E-state index contributed by atoms with van der Waals surface area (Å²) in [5.74, 6) is -0.274. The number of carbonyl (C=O) groups is 3. The summed E-state index contributed by atoms with van der Waals surface area (Å²) < 4.78 is 5.18. The number of carboxylic acid groups (broad SMARTS) is 1. The van der Waals surface area contributed by atoms with Crippen LogP contribution in [0.25, 0.3) is 0 Å². The van der Waals surface area contributed by atoms with Crippen molar-refractivity contribution >= 4 is 35.4 Å². The molecule has 0 radical (unpaired) electrons. The third-order valence-corrected chi connectivity index (χ3v) is 6.34. The number of pyridine rings is 1. The van der Waals surface area contributed by atoms with E-state index in [1.165, 1.54) is 30.1 Å². The Morgan fingerprint density at radius 2 is 1.90 bits per heavy atom. The number of thioether (sulfide) groups is 1. The molecule has 0 aliphatic carbocycles. The van der Waals surface area contributed by atoms with E-state index in [-0.39, 0.29) is 34.3 Å². The van der Waals surface area contributed by atoms with Gasteiger partial charge in [0, 0.05) is 18.3 Å². The average molecular weight is 442 g/mol. The third kappa shape index (κ3) is 5.24. The van der Waals surface area contributed by atoms with Crippen LogP contribution in [0.3, 0.4) is 0 Å². The molecule has 2 heterocycles. The first-order valence-corrected chi connectivity index (χ1v) is 10.6. The van der Waals surface area contributed by atoms with Crippen molar-refractivity contribution in [1.29, 1.82) is 0 Å². The zero-order chi connectivity index (χ0) is 22.5. The molecule has 0 fully saturated rings. The van der Waals surface area contributed by atoms with E-state index in [2.05, 4.69) is 10.3 Å². The summed E-state index contributed by atoms with van der Waals surface area (Å²) in [6, 6.07) is 10.3. The summed E-state index contributed by atoms with van der Waals surface area (Å²) in [6.45, 7) is 4.13. The van der Waals surface area contributed by atoms with Crippen molar-refractivity contribution in [3.05, 3.63) is 64.9 Å². The van der Waals surface area contributed by atoms with Crippen molar-refractivity contribution in [3.63, 3.8) is 0 Å². The Hall–Kier alpha value is -3.33. The molecule has 2 amide bonds. The Kier molecular flexibility index (Phi) is 6.96. The van der Waals surface area contributed by atoms with E-state index in [1.54, 1.807) is 18.9 Å². The topological polar surface area (TPSA) is 109 Å². The molecule has 1 atom stereocenters. The molecule has 3 rings (SSSR count). The number of anilines is 1. The molecule has 2 N–H and O–H groups in total. The largest absolute Gasteiger partial charge is 0.497 e. The second-order valence-corrected chi connectivity index (χ2v) is 8.11. The molecule has 162 valence electrons. The maximum Gasteiger partial charge on any atom is 0.337 e. The number of aromatic nitrogens is 1. The second kappa shape index (κ2) is 9.65. The SMILES string of the molecule is COc1ccc(CN2C(=O)C(C)=C(C)C2SCC(=O)Nc2ccc(C(=O)O)cn2)cc1. The highest BCUT2D eigenvalue weighted by molar-refractivity contribution is 8.00. The minimum absolute atomic E-state index is 0.0438. The number of methoxy groups -OCH3 is 1. The lowest BCUT2D eigenvalue weighted by Crippen LogP contribution is -2.34. The normalized spacial score (nSPS) is 15.9. The van der Waals surface area contributed by atoms with Gasteiger partial charge in [-0.15, -0.1) is 11.8 Å². The maximum absolute atomic E-state index is 12.7. The van der Waals surface area contributed by atoms with Gasteiger partial charge in [0.1, 0.15) is 16.9 Å². The molecule has 8 nitrogen and oxygen atoms in total. The van der Waals surface area contributed by atoms with Crippen molar-refractivity contribution in [2.24, 2.45) is 0 Å². The van der Waals surface area contributed by atoms with Crippen molar-refractivity contribution < 1.29 is 24.2 Å². The molecule has 1 aromatic carbocycles. The summed E-state index contributed by atoms with van der Waals surface area (Å²) in [7, 11) is 1.60. The fraction of sp³-hybridized carbons (Fsp3) is 0.273. The predicted molar refractivity (Wildman–Crippen MR) is 118 cm³/mol. The zero-order valence-electron chi connectivity index (χ0n) is 17.4. The molecular formula is C22H23N3O5S. The first kappa shape index (κ1) is 22.4. The number of nitrogens with zero attached hydrogens (tertiary/aromatic N) is 2. The van der Waals surface area contributed by atoms with E-state index in [9.17, 15) is 14.4 Å². The average Bonchev–Trinajstić information content (AvgIpc) is 2.96. The van der Waals surface area contributed by atoms with Gasteiger partial charge in [-0.3, -0.25) is 9.59 Å². The van der Waals surface area contributed by atoms with Crippen LogP contribution in [-0.4, -0.2) is 51.0 Å². The number of ether oxygens (including phenoxy) is 1. The summed E-state index contributed by atoms with van der Waals surface area (Å²) in [5, 5.41) is 11.3. The first-order chi connectivity index (χ1) is 14.8. The van der Waals surface area contributed by atoms with Gasteiger partial charge in [-0.05, 0) is 49.2 Å². The molecule has 1 aliphatic rings. The molecule has 31 heavy (non-hydrogen) atoms. The first-order valence-electron chi connectivity index (χ1n) is 9.52. The highest BCUT2D eigenvalue weighted by Gasteiger charge is 2.35. The lowest BCUT2D eigenvalue weighted by atomic mass is 10.2. The molecule has 1 aromatic heterocycles. The molecule has 0 saturated carbocycles. The number of benzene rings is 1. The minimum atomic E-state index is -1.08. The highest BCUT2D eigenvalue weighted by Crippen LogP contribution is 2.34. The van der Waals surface area contributed by atoms with Gasteiger partial charge in [0.2, 0.25) is 5.91 Å². The number of carboxylic acids is 1. The van der Waals surface area contributed by atoms with E-state index >= 15 is 0 Å². The standard InChI is InChI=1S/C22H23N3O5S/c1-13-14(2)21(25(20(13)27)11-15-4-7-17(30-3)8-5-15)31-12-19(26)24-18-9-6-16(10-23-18)22(28)29/h4-10,21H,11-12H2,1-3H3,(H,28,29)(H,23,24,26). The highest BCUT2D eigenvalue weighted by atomic mass is 32.2. The Morgan fingerprint density at radius 1 is 1.19 bits per heavy atom. The van der Waals surface area contributed by atoms with E-state index in [0.717, 1.165) is 16.9 Å². The van der Waals surface area contributed by atoms with Gasteiger partial charge < -0.3 is 20.1 Å². The lowest BCUT2D eigenvalue weighted by molar-refractivity contribution is -0.126. The Balaban J connectivity index is 1.63. The quantitative estimate of drug-likeness (QED) is 0.648. The zero-order valence-corrected chi connectivity index (χ0v) is 18.2. The molecule has 2 aromatic rings. The van der Waals surface area contributed by atoms with Crippen molar-refractivity contribution in [3.8, 4) is 5.75 Å². The lowest BCUT2D eigenvalue weighted by Gasteiger charge is -2.26. The minimum Gasteiger partial charge on any atom is -0.497 e. The van der Waals surface area contributed by atoms with Crippen molar-refractivity contribution in [2.45, 2.75) is 25.8 Å². The maximum atomic E-state index is 12.7. The van der Waals surface area contributed by atoms with Gasteiger partial charge in [0.05, 0.1) is 18.4 Å². The molecule has 0 saturated heterocycles.